The van der Waals surface area contributed by atoms with E-state index in [1.807, 2.05) is 31.2 Å². The van der Waals surface area contributed by atoms with Crippen LogP contribution in [0.3, 0.4) is 0 Å². The molecule has 2 atom stereocenters. The molecule has 1 aromatic rings. The van der Waals surface area contributed by atoms with Gasteiger partial charge in [0.15, 0.2) is 0 Å². The van der Waals surface area contributed by atoms with Crippen LogP contribution in [0.15, 0.2) is 24.3 Å². The molecule has 1 aromatic carbocycles. The van der Waals surface area contributed by atoms with Crippen LogP contribution in [0.4, 0.5) is 5.69 Å². The summed E-state index contributed by atoms with van der Waals surface area (Å²) in [6.07, 6.45) is 5.98. The number of unbranched alkanes of at least 4 members (excludes halogenated alkanes) is 1. The molecular weight excluding hydrogens is 302 g/mol. The summed E-state index contributed by atoms with van der Waals surface area (Å²) >= 11 is 0. The number of nitrogens with one attached hydrogen (secondary N) is 1. The topological polar surface area (TPSA) is 47.6 Å². The number of benzene rings is 1. The zero-order valence-corrected chi connectivity index (χ0v) is 15.3. The van der Waals surface area contributed by atoms with Crippen molar-refractivity contribution < 1.29 is 14.3 Å². The molecule has 134 valence electrons. The van der Waals surface area contributed by atoms with Gasteiger partial charge in [0.1, 0.15) is 11.4 Å². The highest BCUT2D eigenvalue weighted by molar-refractivity contribution is 5.97. The minimum Gasteiger partial charge on any atom is -0.494 e. The van der Waals surface area contributed by atoms with E-state index in [0.717, 1.165) is 50.1 Å². The predicted octanol–water partition coefficient (Wildman–Crippen LogP) is 4.79. The molecule has 2 rings (SSSR count). The first kappa shape index (κ1) is 18.8. The predicted molar refractivity (Wildman–Crippen MR) is 97.5 cm³/mol. The molecule has 0 unspecified atom stereocenters. The van der Waals surface area contributed by atoms with Crippen LogP contribution < -0.4 is 10.1 Å². The number of ether oxygens (including phenoxy) is 2. The van der Waals surface area contributed by atoms with Crippen LogP contribution >= 0.6 is 0 Å². The maximum absolute atomic E-state index is 12.9. The molecule has 24 heavy (non-hydrogen) atoms. The lowest BCUT2D eigenvalue weighted by Gasteiger charge is -2.38. The molecule has 0 aliphatic heterocycles. The SMILES string of the molecule is CCCCOc1ccc(NC(=O)[C@]2(OCC)CCC[C@H](C)C2)cc1. The van der Waals surface area contributed by atoms with Crippen LogP contribution in [-0.4, -0.2) is 24.7 Å². The van der Waals surface area contributed by atoms with Crippen LogP contribution in [0.25, 0.3) is 0 Å². The minimum absolute atomic E-state index is 0.0180. The fourth-order valence-corrected chi connectivity index (χ4v) is 3.40. The van der Waals surface area contributed by atoms with Crippen LogP contribution in [0.2, 0.25) is 0 Å². The fraction of sp³-hybridized carbons (Fsp3) is 0.650. The van der Waals surface area contributed by atoms with Crippen molar-refractivity contribution in [3.8, 4) is 5.75 Å². The van der Waals surface area contributed by atoms with E-state index in [2.05, 4.69) is 19.2 Å². The molecule has 0 spiro atoms. The number of rotatable bonds is 8. The van der Waals surface area contributed by atoms with E-state index in [0.29, 0.717) is 12.5 Å². The Labute approximate surface area is 145 Å². The summed E-state index contributed by atoms with van der Waals surface area (Å²) in [6, 6.07) is 7.60. The van der Waals surface area contributed by atoms with Crippen molar-refractivity contribution in [2.24, 2.45) is 5.92 Å². The first-order valence-corrected chi connectivity index (χ1v) is 9.28. The van der Waals surface area contributed by atoms with Gasteiger partial charge in [0.2, 0.25) is 0 Å². The molecule has 0 saturated heterocycles. The van der Waals surface area contributed by atoms with E-state index in [1.165, 1.54) is 6.42 Å². The summed E-state index contributed by atoms with van der Waals surface area (Å²) in [5.74, 6) is 1.34. The molecule has 1 fully saturated rings. The Bertz CT molecular complexity index is 510. The molecule has 0 radical (unpaired) electrons. The van der Waals surface area contributed by atoms with Crippen LogP contribution in [0, 0.1) is 5.92 Å². The minimum atomic E-state index is -0.678. The van der Waals surface area contributed by atoms with E-state index in [-0.39, 0.29) is 5.91 Å². The zero-order valence-electron chi connectivity index (χ0n) is 15.3. The summed E-state index contributed by atoms with van der Waals surface area (Å²) in [5, 5.41) is 3.03. The van der Waals surface area contributed by atoms with Crippen molar-refractivity contribution in [2.75, 3.05) is 18.5 Å². The molecule has 1 saturated carbocycles. The van der Waals surface area contributed by atoms with Gasteiger partial charge >= 0.3 is 0 Å². The van der Waals surface area contributed by atoms with Crippen molar-refractivity contribution in [1.29, 1.82) is 0 Å². The normalized spacial score (nSPS) is 23.7. The monoisotopic (exact) mass is 333 g/mol. The Morgan fingerprint density at radius 3 is 2.67 bits per heavy atom. The Balaban J connectivity index is 1.98. The fourth-order valence-electron chi connectivity index (χ4n) is 3.40. The molecular formula is C20H31NO3. The third kappa shape index (κ3) is 4.97. The second-order valence-corrected chi connectivity index (χ2v) is 6.81. The maximum Gasteiger partial charge on any atom is 0.256 e. The number of anilines is 1. The molecule has 1 N–H and O–H groups in total. The summed E-state index contributed by atoms with van der Waals surface area (Å²) in [4.78, 5) is 12.9. The van der Waals surface area contributed by atoms with Gasteiger partial charge in [0, 0.05) is 12.3 Å². The second-order valence-electron chi connectivity index (χ2n) is 6.81. The molecule has 0 bridgehead atoms. The Kier molecular flexibility index (Phi) is 7.10. The van der Waals surface area contributed by atoms with Crippen LogP contribution in [-0.2, 0) is 9.53 Å². The van der Waals surface area contributed by atoms with E-state index in [1.54, 1.807) is 0 Å². The van der Waals surface area contributed by atoms with Gasteiger partial charge in [-0.25, -0.2) is 0 Å². The molecule has 0 heterocycles. The van der Waals surface area contributed by atoms with Gasteiger partial charge in [-0.05, 0) is 62.8 Å². The van der Waals surface area contributed by atoms with Crippen LogP contribution in [0.1, 0.15) is 59.3 Å². The third-order valence-electron chi connectivity index (χ3n) is 4.67. The number of carbonyl (C=O) groups is 1. The van der Waals surface area contributed by atoms with Crippen molar-refractivity contribution in [3.63, 3.8) is 0 Å². The molecule has 1 aliphatic rings. The van der Waals surface area contributed by atoms with Crippen molar-refractivity contribution >= 4 is 11.6 Å². The van der Waals surface area contributed by atoms with E-state index < -0.39 is 5.60 Å². The molecule has 4 heteroatoms. The number of carbonyl (C=O) groups excluding carboxylic acids is 1. The number of hydrogen-bond donors (Lipinski definition) is 1. The highest BCUT2D eigenvalue weighted by atomic mass is 16.5. The first-order valence-electron chi connectivity index (χ1n) is 9.28. The van der Waals surface area contributed by atoms with Gasteiger partial charge in [0.05, 0.1) is 6.61 Å². The van der Waals surface area contributed by atoms with Gasteiger partial charge in [0.25, 0.3) is 5.91 Å². The number of hydrogen-bond acceptors (Lipinski definition) is 3. The van der Waals surface area contributed by atoms with Gasteiger partial charge in [-0.3, -0.25) is 4.79 Å². The lowest BCUT2D eigenvalue weighted by atomic mass is 9.78. The number of amides is 1. The van der Waals surface area contributed by atoms with E-state index in [4.69, 9.17) is 9.47 Å². The quantitative estimate of drug-likeness (QED) is 0.696. The van der Waals surface area contributed by atoms with Gasteiger partial charge in [-0.1, -0.05) is 26.7 Å². The largest absolute Gasteiger partial charge is 0.494 e. The molecule has 4 nitrogen and oxygen atoms in total. The van der Waals surface area contributed by atoms with Crippen LogP contribution in [0.5, 0.6) is 5.75 Å². The van der Waals surface area contributed by atoms with Gasteiger partial charge in [-0.2, -0.15) is 0 Å². The summed E-state index contributed by atoms with van der Waals surface area (Å²) in [7, 11) is 0. The third-order valence-corrected chi connectivity index (χ3v) is 4.67. The summed E-state index contributed by atoms with van der Waals surface area (Å²) < 4.78 is 11.6. The highest BCUT2D eigenvalue weighted by Crippen LogP contribution is 2.36. The molecule has 1 amide bonds. The van der Waals surface area contributed by atoms with Gasteiger partial charge in [-0.15, -0.1) is 0 Å². The van der Waals surface area contributed by atoms with Crippen molar-refractivity contribution in [1.82, 2.24) is 0 Å². The Hall–Kier alpha value is -1.55. The maximum atomic E-state index is 12.9. The Morgan fingerprint density at radius 1 is 1.29 bits per heavy atom. The summed E-state index contributed by atoms with van der Waals surface area (Å²) in [5.41, 5.74) is 0.114. The second kappa shape index (κ2) is 9.07. The Morgan fingerprint density at radius 2 is 2.04 bits per heavy atom. The molecule has 1 aliphatic carbocycles. The van der Waals surface area contributed by atoms with Crippen molar-refractivity contribution in [2.45, 2.75) is 64.9 Å². The van der Waals surface area contributed by atoms with E-state index in [9.17, 15) is 4.79 Å². The van der Waals surface area contributed by atoms with Gasteiger partial charge < -0.3 is 14.8 Å². The average Bonchev–Trinajstić information content (AvgIpc) is 2.57. The summed E-state index contributed by atoms with van der Waals surface area (Å²) in [6.45, 7) is 7.58. The standard InChI is InChI=1S/C20H31NO3/c1-4-6-14-23-18-11-9-17(10-12-18)21-19(22)20(24-5-2)13-7-8-16(3)15-20/h9-12,16H,4-8,13-15H2,1-3H3,(H,21,22)/t16-,20-/m0/s1. The highest BCUT2D eigenvalue weighted by Gasteiger charge is 2.42. The van der Waals surface area contributed by atoms with Crippen molar-refractivity contribution in [3.05, 3.63) is 24.3 Å². The molecule has 0 aromatic heterocycles. The smallest absolute Gasteiger partial charge is 0.256 e. The lowest BCUT2D eigenvalue weighted by molar-refractivity contribution is -0.147. The lowest BCUT2D eigenvalue weighted by Crippen LogP contribution is -2.48. The zero-order chi connectivity index (χ0) is 17.4. The van der Waals surface area contributed by atoms with E-state index >= 15 is 0 Å². The first-order chi connectivity index (χ1) is 11.6. The average molecular weight is 333 g/mol.